The van der Waals surface area contributed by atoms with Gasteiger partial charge in [-0.15, -0.1) is 0 Å². The number of hydrogen-bond donors (Lipinski definition) is 2. The standard InChI is InChI=1S/C4H4O2S4/c5-3-7-1-2(9-3)10-4(6)8-1/h3-6H. The van der Waals surface area contributed by atoms with Gasteiger partial charge in [-0.3, -0.25) is 0 Å². The monoisotopic (exact) mass is 212 g/mol. The summed E-state index contributed by atoms with van der Waals surface area (Å²) in [5, 5.41) is 18.2. The van der Waals surface area contributed by atoms with Gasteiger partial charge in [0, 0.05) is 0 Å². The average Bonchev–Trinajstić information content (AvgIpc) is 2.21. The summed E-state index contributed by atoms with van der Waals surface area (Å²) in [7, 11) is 0. The first-order valence-corrected chi connectivity index (χ1v) is 6.04. The Kier molecular flexibility index (Phi) is 2.18. The fourth-order valence-electron chi connectivity index (χ4n) is 0.662. The normalized spacial score (nSPS) is 28.2. The Hall–Kier alpha value is 1.06. The summed E-state index contributed by atoms with van der Waals surface area (Å²) in [6, 6.07) is 0. The lowest BCUT2D eigenvalue weighted by molar-refractivity contribution is 0.346. The summed E-state index contributed by atoms with van der Waals surface area (Å²) in [5.41, 5.74) is 0. The van der Waals surface area contributed by atoms with Crippen molar-refractivity contribution in [2.75, 3.05) is 0 Å². The second kappa shape index (κ2) is 2.84. The first-order valence-electron chi connectivity index (χ1n) is 2.53. The second-order valence-electron chi connectivity index (χ2n) is 1.66. The number of rotatable bonds is 0. The summed E-state index contributed by atoms with van der Waals surface area (Å²) in [6.07, 6.45) is 0. The smallest absolute Gasteiger partial charge is 0.156 e. The van der Waals surface area contributed by atoms with E-state index < -0.39 is 0 Å². The maximum absolute atomic E-state index is 9.10. The molecule has 10 heavy (non-hydrogen) atoms. The molecule has 2 nitrogen and oxygen atoms in total. The predicted molar refractivity (Wildman–Crippen MR) is 49.4 cm³/mol. The molecule has 0 radical (unpaired) electrons. The first kappa shape index (κ1) is 7.70. The molecule has 2 heterocycles. The summed E-state index contributed by atoms with van der Waals surface area (Å²) in [5.74, 6) is 0. The van der Waals surface area contributed by atoms with E-state index in [1.807, 2.05) is 0 Å². The van der Waals surface area contributed by atoms with Gasteiger partial charge >= 0.3 is 0 Å². The third kappa shape index (κ3) is 1.33. The van der Waals surface area contributed by atoms with E-state index in [9.17, 15) is 0 Å². The van der Waals surface area contributed by atoms with Crippen molar-refractivity contribution in [1.82, 2.24) is 0 Å². The van der Waals surface area contributed by atoms with E-state index in [1.165, 1.54) is 47.0 Å². The molecule has 0 spiro atoms. The van der Waals surface area contributed by atoms with Crippen LogP contribution in [0.2, 0.25) is 0 Å². The molecule has 0 unspecified atom stereocenters. The highest BCUT2D eigenvalue weighted by molar-refractivity contribution is 8.43. The van der Waals surface area contributed by atoms with Gasteiger partial charge in [0.1, 0.15) is 0 Å². The van der Waals surface area contributed by atoms with Crippen molar-refractivity contribution in [3.8, 4) is 0 Å². The Labute approximate surface area is 75.2 Å². The lowest BCUT2D eigenvalue weighted by atomic mass is 11.2. The zero-order chi connectivity index (χ0) is 7.14. The van der Waals surface area contributed by atoms with E-state index in [-0.39, 0.29) is 9.54 Å². The van der Waals surface area contributed by atoms with Crippen molar-refractivity contribution in [2.24, 2.45) is 0 Å². The van der Waals surface area contributed by atoms with Crippen molar-refractivity contribution in [1.29, 1.82) is 0 Å². The van der Waals surface area contributed by atoms with Crippen LogP contribution in [0.25, 0.3) is 0 Å². The molecule has 6 heteroatoms. The van der Waals surface area contributed by atoms with Gasteiger partial charge in [-0.05, 0) is 0 Å². The highest BCUT2D eigenvalue weighted by Gasteiger charge is 2.33. The molecular formula is C4H4O2S4. The van der Waals surface area contributed by atoms with Crippen LogP contribution in [0, 0.1) is 0 Å². The number of thioether (sulfide) groups is 4. The van der Waals surface area contributed by atoms with Crippen LogP contribution in [-0.4, -0.2) is 19.7 Å². The van der Waals surface area contributed by atoms with Crippen LogP contribution < -0.4 is 0 Å². The Morgan fingerprint density at radius 3 is 1.40 bits per heavy atom. The third-order valence-corrected chi connectivity index (χ3v) is 6.30. The largest absolute Gasteiger partial charge is 0.372 e. The topological polar surface area (TPSA) is 40.5 Å². The van der Waals surface area contributed by atoms with Crippen LogP contribution in [0.1, 0.15) is 0 Å². The summed E-state index contributed by atoms with van der Waals surface area (Å²) < 4.78 is 1.46. The minimum Gasteiger partial charge on any atom is -0.372 e. The van der Waals surface area contributed by atoms with Crippen molar-refractivity contribution >= 4 is 47.0 Å². The molecule has 0 aromatic rings. The van der Waals surface area contributed by atoms with Crippen molar-refractivity contribution < 1.29 is 10.2 Å². The SMILES string of the molecule is OC1SC2=C(S1)SC(O)S2. The molecule has 0 saturated heterocycles. The molecule has 0 atom stereocenters. The van der Waals surface area contributed by atoms with Crippen molar-refractivity contribution in [3.05, 3.63) is 8.47 Å². The van der Waals surface area contributed by atoms with E-state index in [4.69, 9.17) is 10.2 Å². The average molecular weight is 212 g/mol. The summed E-state index contributed by atoms with van der Waals surface area (Å²) in [4.78, 5) is 0. The van der Waals surface area contributed by atoms with Crippen LogP contribution in [0.15, 0.2) is 8.47 Å². The minimum atomic E-state index is -0.350. The molecule has 0 bridgehead atoms. The Morgan fingerprint density at radius 1 is 0.800 bits per heavy atom. The van der Waals surface area contributed by atoms with Crippen LogP contribution in [-0.2, 0) is 0 Å². The zero-order valence-corrected chi connectivity index (χ0v) is 7.95. The van der Waals surface area contributed by atoms with Gasteiger partial charge in [-0.1, -0.05) is 47.0 Å². The van der Waals surface area contributed by atoms with Gasteiger partial charge in [-0.2, -0.15) is 0 Å². The maximum Gasteiger partial charge on any atom is 0.156 e. The van der Waals surface area contributed by atoms with Gasteiger partial charge in [0.05, 0.1) is 8.47 Å². The van der Waals surface area contributed by atoms with Crippen LogP contribution in [0.4, 0.5) is 0 Å². The maximum atomic E-state index is 9.10. The quantitative estimate of drug-likeness (QED) is 0.636. The number of hydrogen-bond acceptors (Lipinski definition) is 6. The molecule has 0 amide bonds. The van der Waals surface area contributed by atoms with E-state index in [1.54, 1.807) is 0 Å². The van der Waals surface area contributed by atoms with Crippen LogP contribution in [0.3, 0.4) is 0 Å². The summed E-state index contributed by atoms with van der Waals surface area (Å²) >= 11 is 5.68. The van der Waals surface area contributed by atoms with Crippen LogP contribution >= 0.6 is 47.0 Å². The zero-order valence-electron chi connectivity index (χ0n) is 4.68. The molecule has 2 rings (SSSR count). The molecule has 0 aromatic carbocycles. The van der Waals surface area contributed by atoms with Gasteiger partial charge in [0.15, 0.2) is 9.54 Å². The van der Waals surface area contributed by atoms with Gasteiger partial charge < -0.3 is 10.2 Å². The Bertz CT molecular complexity index is 156. The second-order valence-corrected chi connectivity index (χ2v) is 7.14. The lowest BCUT2D eigenvalue weighted by Crippen LogP contribution is -1.91. The Morgan fingerprint density at radius 2 is 1.10 bits per heavy atom. The van der Waals surface area contributed by atoms with Gasteiger partial charge in [0.2, 0.25) is 0 Å². The molecule has 0 saturated carbocycles. The van der Waals surface area contributed by atoms with Gasteiger partial charge in [0.25, 0.3) is 0 Å². The molecule has 0 aliphatic carbocycles. The first-order chi connectivity index (χ1) is 4.75. The fourth-order valence-corrected chi connectivity index (χ4v) is 6.74. The third-order valence-electron chi connectivity index (χ3n) is 0.998. The lowest BCUT2D eigenvalue weighted by Gasteiger charge is -2.04. The molecule has 56 valence electrons. The summed E-state index contributed by atoms with van der Waals surface area (Å²) in [6.45, 7) is 0. The van der Waals surface area contributed by atoms with E-state index in [0.717, 1.165) is 8.47 Å². The minimum absolute atomic E-state index is 0.350. The molecule has 0 aromatic heterocycles. The molecular weight excluding hydrogens is 208 g/mol. The van der Waals surface area contributed by atoms with Gasteiger partial charge in [-0.25, -0.2) is 0 Å². The molecule has 0 fully saturated rings. The fraction of sp³-hybridized carbons (Fsp3) is 0.500. The highest BCUT2D eigenvalue weighted by atomic mass is 32.3. The van der Waals surface area contributed by atoms with E-state index in [0.29, 0.717) is 0 Å². The Balaban J connectivity index is 2.09. The van der Waals surface area contributed by atoms with Crippen LogP contribution in [0.5, 0.6) is 0 Å². The van der Waals surface area contributed by atoms with Crippen molar-refractivity contribution in [3.63, 3.8) is 0 Å². The van der Waals surface area contributed by atoms with E-state index in [2.05, 4.69) is 0 Å². The molecule has 2 N–H and O–H groups in total. The van der Waals surface area contributed by atoms with E-state index >= 15 is 0 Å². The number of aliphatic hydroxyl groups is 2. The molecule has 2 aliphatic heterocycles. The predicted octanol–water partition coefficient (Wildman–Crippen LogP) is 1.62. The molecule has 2 aliphatic rings. The van der Waals surface area contributed by atoms with Crippen molar-refractivity contribution in [2.45, 2.75) is 9.54 Å². The highest BCUT2D eigenvalue weighted by Crippen LogP contribution is 2.61. The number of aliphatic hydroxyl groups excluding tert-OH is 2.